The Labute approximate surface area is 218 Å². The highest BCUT2D eigenvalue weighted by Crippen LogP contribution is 2.41. The van der Waals surface area contributed by atoms with Crippen molar-refractivity contribution in [1.29, 1.82) is 0 Å². The number of aromatic nitrogens is 3. The fourth-order valence-electron chi connectivity index (χ4n) is 5.58. The monoisotopic (exact) mass is 545 g/mol. The molecule has 2 aliphatic heterocycles. The van der Waals surface area contributed by atoms with Crippen LogP contribution >= 0.6 is 15.9 Å². The number of carbonyl (C=O) groups excluding carboxylic acids is 2. The van der Waals surface area contributed by atoms with Crippen LogP contribution in [-0.4, -0.2) is 56.0 Å². The summed E-state index contributed by atoms with van der Waals surface area (Å²) in [4.78, 5) is 34.4. The largest absolute Gasteiger partial charge is 0.336 e. The van der Waals surface area contributed by atoms with Crippen molar-refractivity contribution in [2.45, 2.75) is 44.6 Å². The topological polar surface area (TPSA) is 71.3 Å². The molecule has 8 heteroatoms. The second-order valence-corrected chi connectivity index (χ2v) is 10.7. The molecular weight excluding hydrogens is 518 g/mol. The first-order valence-corrected chi connectivity index (χ1v) is 13.3. The maximum atomic E-state index is 13.8. The molecule has 184 valence electrons. The smallest absolute Gasteiger partial charge is 0.256 e. The lowest BCUT2D eigenvalue weighted by atomic mass is 9.94. The number of rotatable bonds is 4. The van der Waals surface area contributed by atoms with Crippen molar-refractivity contribution in [1.82, 2.24) is 24.6 Å². The molecule has 1 aliphatic carbocycles. The number of nitrogens with zero attached hydrogens (tertiary/aromatic N) is 5. The fraction of sp³-hybridized carbons (Fsp3) is 0.357. The Bertz CT molecular complexity index is 1380. The molecule has 0 spiro atoms. The molecular formula is C28H28BrN5O2. The highest BCUT2D eigenvalue weighted by molar-refractivity contribution is 9.10. The molecule has 4 heterocycles. The van der Waals surface area contributed by atoms with Crippen molar-refractivity contribution in [2.75, 3.05) is 19.6 Å². The van der Waals surface area contributed by atoms with Gasteiger partial charge in [-0.1, -0.05) is 18.7 Å². The van der Waals surface area contributed by atoms with Crippen LogP contribution in [0.15, 0.2) is 53.8 Å². The third-order valence-electron chi connectivity index (χ3n) is 7.65. The van der Waals surface area contributed by atoms with E-state index in [1.165, 1.54) is 24.5 Å². The molecule has 36 heavy (non-hydrogen) atoms. The van der Waals surface area contributed by atoms with E-state index in [2.05, 4.69) is 56.4 Å². The first-order valence-electron chi connectivity index (χ1n) is 12.5. The average Bonchev–Trinajstić information content (AvgIpc) is 3.69. The standard InChI is InChI=1S/C28H28BrN5O2/c1-3-26(35)32-12-10-22-27-23(34(31-22)20-8-6-19(7-9-20)18-4-5-18)11-13-33(24(27)16-32)28(36)21-15-30-25(29)14-17(21)2/h3,6-9,14-15,18,24H,1,4-5,10-13,16H2,2H3/t24-/m1/s1. The third-order valence-corrected chi connectivity index (χ3v) is 8.08. The highest BCUT2D eigenvalue weighted by atomic mass is 79.9. The maximum Gasteiger partial charge on any atom is 0.256 e. The van der Waals surface area contributed by atoms with Gasteiger partial charge < -0.3 is 9.80 Å². The number of benzene rings is 1. The van der Waals surface area contributed by atoms with E-state index in [4.69, 9.17) is 5.10 Å². The molecule has 2 aromatic heterocycles. The van der Waals surface area contributed by atoms with E-state index < -0.39 is 0 Å². The summed E-state index contributed by atoms with van der Waals surface area (Å²) in [5.74, 6) is 0.522. The molecule has 1 aromatic carbocycles. The van der Waals surface area contributed by atoms with E-state index in [0.29, 0.717) is 48.6 Å². The zero-order valence-corrected chi connectivity index (χ0v) is 21.9. The summed E-state index contributed by atoms with van der Waals surface area (Å²) >= 11 is 3.39. The molecule has 6 rings (SSSR count). The van der Waals surface area contributed by atoms with Gasteiger partial charge in [0.2, 0.25) is 5.91 Å². The van der Waals surface area contributed by atoms with E-state index in [0.717, 1.165) is 28.2 Å². The Morgan fingerprint density at radius 1 is 1.14 bits per heavy atom. The fourth-order valence-corrected chi connectivity index (χ4v) is 6.03. The summed E-state index contributed by atoms with van der Waals surface area (Å²) in [5.41, 5.74) is 7.08. The van der Waals surface area contributed by atoms with Gasteiger partial charge in [-0.05, 0) is 77.0 Å². The van der Waals surface area contributed by atoms with Crippen LogP contribution in [0.25, 0.3) is 5.69 Å². The third kappa shape index (κ3) is 3.97. The normalized spacial score (nSPS) is 19.0. The number of aryl methyl sites for hydroxylation is 1. The minimum atomic E-state index is -0.273. The predicted molar refractivity (Wildman–Crippen MR) is 140 cm³/mol. The Morgan fingerprint density at radius 3 is 2.61 bits per heavy atom. The van der Waals surface area contributed by atoms with Gasteiger partial charge in [0, 0.05) is 44.2 Å². The first-order chi connectivity index (χ1) is 17.4. The molecule has 1 saturated carbocycles. The van der Waals surface area contributed by atoms with Gasteiger partial charge in [-0.25, -0.2) is 9.67 Å². The number of hydrogen-bond acceptors (Lipinski definition) is 4. The zero-order valence-electron chi connectivity index (χ0n) is 20.3. The van der Waals surface area contributed by atoms with Gasteiger partial charge in [-0.3, -0.25) is 9.59 Å². The quantitative estimate of drug-likeness (QED) is 0.356. The van der Waals surface area contributed by atoms with Gasteiger partial charge in [0.05, 0.1) is 28.7 Å². The molecule has 0 saturated heterocycles. The molecule has 1 atom stereocenters. The Hall–Kier alpha value is -3.26. The van der Waals surface area contributed by atoms with Crippen molar-refractivity contribution < 1.29 is 9.59 Å². The van der Waals surface area contributed by atoms with Crippen molar-refractivity contribution in [3.63, 3.8) is 0 Å². The van der Waals surface area contributed by atoms with Gasteiger partial charge in [0.25, 0.3) is 5.91 Å². The zero-order chi connectivity index (χ0) is 25.0. The summed E-state index contributed by atoms with van der Waals surface area (Å²) in [6.45, 7) is 7.12. The number of hydrogen-bond donors (Lipinski definition) is 0. The van der Waals surface area contributed by atoms with Gasteiger partial charge in [0.1, 0.15) is 4.60 Å². The summed E-state index contributed by atoms with van der Waals surface area (Å²) in [7, 11) is 0. The Morgan fingerprint density at radius 2 is 1.92 bits per heavy atom. The lowest BCUT2D eigenvalue weighted by Gasteiger charge is -2.38. The lowest BCUT2D eigenvalue weighted by molar-refractivity contribution is -0.126. The van der Waals surface area contributed by atoms with Crippen LogP contribution in [0.3, 0.4) is 0 Å². The Balaban J connectivity index is 1.41. The molecule has 0 unspecified atom stereocenters. The van der Waals surface area contributed by atoms with Crippen molar-refractivity contribution in [3.05, 3.63) is 87.4 Å². The first kappa shape index (κ1) is 23.2. The van der Waals surface area contributed by atoms with Gasteiger partial charge in [-0.15, -0.1) is 0 Å². The van der Waals surface area contributed by atoms with E-state index in [9.17, 15) is 9.59 Å². The Kier molecular flexibility index (Phi) is 5.79. The highest BCUT2D eigenvalue weighted by Gasteiger charge is 2.40. The van der Waals surface area contributed by atoms with Crippen molar-refractivity contribution in [2.24, 2.45) is 0 Å². The van der Waals surface area contributed by atoms with Crippen LogP contribution in [0, 0.1) is 6.92 Å². The van der Waals surface area contributed by atoms with Crippen molar-refractivity contribution in [3.8, 4) is 5.69 Å². The summed E-state index contributed by atoms with van der Waals surface area (Å²) in [5, 5.41) is 5.04. The van der Waals surface area contributed by atoms with Gasteiger partial charge >= 0.3 is 0 Å². The maximum absolute atomic E-state index is 13.8. The van der Waals surface area contributed by atoms with E-state index in [1.807, 2.05) is 17.9 Å². The summed E-state index contributed by atoms with van der Waals surface area (Å²) in [6, 6.07) is 10.3. The number of amides is 2. The summed E-state index contributed by atoms with van der Waals surface area (Å²) in [6.07, 6.45) is 6.88. The molecule has 2 amide bonds. The van der Waals surface area contributed by atoms with E-state index in [-0.39, 0.29) is 17.9 Å². The van der Waals surface area contributed by atoms with Crippen molar-refractivity contribution >= 4 is 27.7 Å². The van der Waals surface area contributed by atoms with Crippen LogP contribution in [0.2, 0.25) is 0 Å². The minimum absolute atomic E-state index is 0.0662. The van der Waals surface area contributed by atoms with Gasteiger partial charge in [-0.2, -0.15) is 5.10 Å². The molecule has 3 aromatic rings. The van der Waals surface area contributed by atoms with Crippen LogP contribution in [0.5, 0.6) is 0 Å². The van der Waals surface area contributed by atoms with E-state index >= 15 is 0 Å². The minimum Gasteiger partial charge on any atom is -0.336 e. The van der Waals surface area contributed by atoms with Crippen LogP contribution in [0.1, 0.15) is 63.2 Å². The lowest BCUT2D eigenvalue weighted by Crippen LogP contribution is -2.46. The van der Waals surface area contributed by atoms with E-state index in [1.54, 1.807) is 11.1 Å². The SMILES string of the molecule is C=CC(=O)N1CCc2nn(-c3ccc(C4CC4)cc3)c3c2[C@@H](C1)N(C(=O)c1cnc(Br)cc1C)CC3. The van der Waals surface area contributed by atoms with Crippen LogP contribution in [0.4, 0.5) is 0 Å². The van der Waals surface area contributed by atoms with Gasteiger partial charge in [0.15, 0.2) is 0 Å². The number of carbonyl (C=O) groups is 2. The molecule has 0 bridgehead atoms. The molecule has 7 nitrogen and oxygen atoms in total. The molecule has 0 radical (unpaired) electrons. The average molecular weight is 546 g/mol. The second kappa shape index (κ2) is 9.00. The van der Waals surface area contributed by atoms with Crippen LogP contribution in [-0.2, 0) is 17.6 Å². The second-order valence-electron chi connectivity index (χ2n) is 9.91. The predicted octanol–water partition coefficient (Wildman–Crippen LogP) is 4.53. The number of pyridine rings is 1. The number of halogens is 1. The molecule has 1 fully saturated rings. The molecule has 3 aliphatic rings. The summed E-state index contributed by atoms with van der Waals surface area (Å²) < 4.78 is 2.76. The van der Waals surface area contributed by atoms with Crippen LogP contribution < -0.4 is 0 Å². The molecule has 0 N–H and O–H groups in total.